The van der Waals surface area contributed by atoms with E-state index in [1.807, 2.05) is 20.8 Å². The fraction of sp³-hybridized carbons (Fsp3) is 0.419. The Morgan fingerprint density at radius 1 is 1.02 bits per heavy atom. The van der Waals surface area contributed by atoms with Crippen LogP contribution < -0.4 is 20.1 Å². The van der Waals surface area contributed by atoms with E-state index in [1.165, 1.54) is 17.4 Å². The molecule has 252 valence electrons. The van der Waals surface area contributed by atoms with Crippen LogP contribution in [0.4, 0.5) is 29.6 Å². The van der Waals surface area contributed by atoms with Gasteiger partial charge < -0.3 is 20.1 Å². The zero-order chi connectivity index (χ0) is 34.0. The normalized spacial score (nSPS) is 17.3. The van der Waals surface area contributed by atoms with Gasteiger partial charge in [-0.15, -0.1) is 11.3 Å². The molecule has 1 saturated carbocycles. The van der Waals surface area contributed by atoms with E-state index in [0.717, 1.165) is 25.7 Å². The minimum absolute atomic E-state index is 0.00868. The number of alkyl carbamates (subject to hydrolysis) is 1. The number of anilines is 2. The van der Waals surface area contributed by atoms with Crippen molar-refractivity contribution in [1.29, 1.82) is 0 Å². The molecule has 0 unspecified atom stereocenters. The monoisotopic (exact) mass is 692 g/mol. The smallest absolute Gasteiger partial charge is 0.407 e. The lowest BCUT2D eigenvalue weighted by Crippen LogP contribution is -2.42. The molecule has 11 nitrogen and oxygen atoms in total. The molecule has 1 aliphatic carbocycles. The summed E-state index contributed by atoms with van der Waals surface area (Å²) >= 11 is 1.31. The van der Waals surface area contributed by atoms with Crippen LogP contribution in [-0.2, 0) is 14.8 Å². The van der Waals surface area contributed by atoms with Crippen molar-refractivity contribution in [1.82, 2.24) is 20.3 Å². The van der Waals surface area contributed by atoms with Crippen molar-refractivity contribution < 1.29 is 35.9 Å². The van der Waals surface area contributed by atoms with Crippen LogP contribution in [0.15, 0.2) is 48.1 Å². The molecule has 1 amide bonds. The average Bonchev–Trinajstić information content (AvgIpc) is 3.42. The third-order valence-electron chi connectivity index (χ3n) is 7.20. The van der Waals surface area contributed by atoms with E-state index in [9.17, 15) is 26.4 Å². The maximum atomic E-state index is 12.9. The Morgan fingerprint density at radius 3 is 2.38 bits per heavy atom. The lowest BCUT2D eigenvalue weighted by atomic mass is 9.91. The number of amides is 1. The second-order valence-corrected chi connectivity index (χ2v) is 14.9. The number of aromatic nitrogens is 3. The molecule has 2 heterocycles. The van der Waals surface area contributed by atoms with Gasteiger partial charge in [0.1, 0.15) is 16.2 Å². The molecule has 2 aromatic carbocycles. The number of ether oxygens (including phenoxy) is 2. The number of carbonyl (C=O) groups excluding carboxylic acids is 1. The summed E-state index contributed by atoms with van der Waals surface area (Å²) in [6, 6.07) is 9.96. The fourth-order valence-corrected chi connectivity index (χ4v) is 6.99. The van der Waals surface area contributed by atoms with Crippen LogP contribution in [0.25, 0.3) is 21.3 Å². The molecule has 2 aromatic heterocycles. The number of aryl methyl sites for hydroxylation is 1. The minimum Gasteiger partial charge on any atom is -0.444 e. The number of thiazole rings is 1. The number of carbonyl (C=O) groups is 1. The van der Waals surface area contributed by atoms with Gasteiger partial charge in [-0.2, -0.15) is 13.2 Å². The summed E-state index contributed by atoms with van der Waals surface area (Å²) in [6.45, 7) is 7.14. The molecule has 4 aromatic rings. The van der Waals surface area contributed by atoms with Gasteiger partial charge in [-0.25, -0.2) is 28.2 Å². The van der Waals surface area contributed by atoms with E-state index in [0.29, 0.717) is 38.6 Å². The molecule has 3 N–H and O–H groups in total. The summed E-state index contributed by atoms with van der Waals surface area (Å²) in [6.07, 6.45) is -0.519. The van der Waals surface area contributed by atoms with Gasteiger partial charge in [0.05, 0.1) is 16.9 Å². The molecule has 0 aliphatic heterocycles. The predicted octanol–water partition coefficient (Wildman–Crippen LogP) is 7.41. The van der Waals surface area contributed by atoms with Crippen LogP contribution in [0.1, 0.15) is 52.0 Å². The third-order valence-corrected chi connectivity index (χ3v) is 9.27. The van der Waals surface area contributed by atoms with Gasteiger partial charge in [-0.3, -0.25) is 4.72 Å². The number of benzene rings is 2. The van der Waals surface area contributed by atoms with E-state index < -0.39 is 33.6 Å². The number of sulfonamides is 1. The molecule has 0 spiro atoms. The molecule has 0 atom stereocenters. The summed E-state index contributed by atoms with van der Waals surface area (Å²) in [5.41, 5.74) is 2.11. The highest BCUT2D eigenvalue weighted by Gasteiger charge is 2.35. The number of rotatable bonds is 9. The van der Waals surface area contributed by atoms with Crippen LogP contribution in [0.3, 0.4) is 0 Å². The third kappa shape index (κ3) is 9.22. The zero-order valence-corrected chi connectivity index (χ0v) is 27.8. The zero-order valence-electron chi connectivity index (χ0n) is 26.1. The van der Waals surface area contributed by atoms with E-state index in [1.54, 1.807) is 49.0 Å². The van der Waals surface area contributed by atoms with Crippen molar-refractivity contribution in [2.24, 2.45) is 0 Å². The maximum absolute atomic E-state index is 12.9. The number of halogens is 3. The Morgan fingerprint density at radius 2 is 1.70 bits per heavy atom. The number of alkyl halides is 3. The number of nitrogens with one attached hydrogen (secondary N) is 3. The standard InChI is InChI=1S/C31H35F3N6O5S2/c1-18-15-24(40-47(42,43)16-31(32,33)34)21-7-5-6-8-22(21)25(18)44-27-26(46-17-36-27)23-13-14-35-28(39-23)37-19-9-11-20(12-10-19)38-29(41)45-30(2,3)4/h5-8,13-15,17,19-20,40H,9-12,16H2,1-4H3,(H,38,41)(H,35,37,39)/t19-,20-. The highest BCUT2D eigenvalue weighted by Crippen LogP contribution is 2.41. The van der Waals surface area contributed by atoms with E-state index in [2.05, 4.69) is 25.3 Å². The molecule has 0 bridgehead atoms. The Labute approximate surface area is 274 Å². The van der Waals surface area contributed by atoms with E-state index >= 15 is 0 Å². The van der Waals surface area contributed by atoms with Gasteiger partial charge in [-0.1, -0.05) is 24.3 Å². The Bertz CT molecular complexity index is 1850. The van der Waals surface area contributed by atoms with Crippen molar-refractivity contribution in [2.75, 3.05) is 15.8 Å². The first-order chi connectivity index (χ1) is 22.1. The van der Waals surface area contributed by atoms with Crippen molar-refractivity contribution in [3.63, 3.8) is 0 Å². The van der Waals surface area contributed by atoms with Crippen LogP contribution in [0, 0.1) is 6.92 Å². The van der Waals surface area contributed by atoms with E-state index in [4.69, 9.17) is 14.5 Å². The second kappa shape index (κ2) is 13.5. The molecule has 16 heteroatoms. The van der Waals surface area contributed by atoms with Crippen molar-refractivity contribution in [3.05, 3.63) is 53.7 Å². The maximum Gasteiger partial charge on any atom is 0.407 e. The molecule has 1 fully saturated rings. The average molecular weight is 693 g/mol. The van der Waals surface area contributed by atoms with Crippen LogP contribution in [0.2, 0.25) is 0 Å². The molecule has 47 heavy (non-hydrogen) atoms. The fourth-order valence-electron chi connectivity index (χ4n) is 5.30. The first-order valence-corrected chi connectivity index (χ1v) is 17.4. The lowest BCUT2D eigenvalue weighted by Gasteiger charge is -2.30. The SMILES string of the molecule is Cc1cc(NS(=O)(=O)CC(F)(F)F)c2ccccc2c1Oc1ncsc1-c1ccnc(N[C@H]2CC[C@H](NC(=O)OC(C)(C)C)CC2)n1. The molecule has 0 radical (unpaired) electrons. The predicted molar refractivity (Wildman–Crippen MR) is 174 cm³/mol. The van der Waals surface area contributed by atoms with Crippen LogP contribution in [0.5, 0.6) is 11.6 Å². The summed E-state index contributed by atoms with van der Waals surface area (Å²) in [5, 5.41) is 7.17. The quantitative estimate of drug-likeness (QED) is 0.163. The number of hydrogen-bond acceptors (Lipinski definition) is 10. The Kier molecular flexibility index (Phi) is 9.82. The van der Waals surface area contributed by atoms with Gasteiger partial charge in [0.15, 0.2) is 5.75 Å². The number of fused-ring (bicyclic) bond motifs is 1. The molecule has 1 aliphatic rings. The second-order valence-electron chi connectivity index (χ2n) is 12.3. The summed E-state index contributed by atoms with van der Waals surface area (Å²) < 4.78 is 76.8. The highest BCUT2D eigenvalue weighted by atomic mass is 32.2. The van der Waals surface area contributed by atoms with Crippen LogP contribution >= 0.6 is 11.3 Å². The topological polar surface area (TPSA) is 144 Å². The van der Waals surface area contributed by atoms with Gasteiger partial charge >= 0.3 is 12.3 Å². The first kappa shape index (κ1) is 34.2. The van der Waals surface area contributed by atoms with E-state index in [-0.39, 0.29) is 23.7 Å². The summed E-state index contributed by atoms with van der Waals surface area (Å²) in [7, 11) is -4.70. The molecular weight excluding hydrogens is 658 g/mol. The van der Waals surface area contributed by atoms with Gasteiger partial charge in [-0.05, 0) is 71.1 Å². The van der Waals surface area contributed by atoms with Crippen molar-refractivity contribution >= 4 is 49.9 Å². The van der Waals surface area contributed by atoms with Crippen molar-refractivity contribution in [3.8, 4) is 22.2 Å². The first-order valence-electron chi connectivity index (χ1n) is 14.9. The number of nitrogens with zero attached hydrogens (tertiary/aromatic N) is 3. The Balaban J connectivity index is 1.30. The van der Waals surface area contributed by atoms with Crippen molar-refractivity contribution in [2.45, 2.75) is 77.2 Å². The van der Waals surface area contributed by atoms with Gasteiger partial charge in [0, 0.05) is 29.1 Å². The molecule has 0 saturated heterocycles. The summed E-state index contributed by atoms with van der Waals surface area (Å²) in [4.78, 5) is 26.2. The molecular formula is C31H35F3N6O5S2. The minimum atomic E-state index is -4.89. The van der Waals surface area contributed by atoms with Gasteiger partial charge in [0.25, 0.3) is 0 Å². The van der Waals surface area contributed by atoms with Gasteiger partial charge in [0.2, 0.25) is 21.9 Å². The molecule has 5 rings (SSSR count). The highest BCUT2D eigenvalue weighted by molar-refractivity contribution is 7.92. The lowest BCUT2D eigenvalue weighted by molar-refractivity contribution is -0.106. The number of hydrogen-bond donors (Lipinski definition) is 3. The largest absolute Gasteiger partial charge is 0.444 e. The Hall–Kier alpha value is -4.18. The summed E-state index contributed by atoms with van der Waals surface area (Å²) in [5.74, 6) is -0.943. The van der Waals surface area contributed by atoms with Crippen LogP contribution in [-0.4, -0.2) is 59.1 Å².